The van der Waals surface area contributed by atoms with Gasteiger partial charge in [0.05, 0.1) is 25.4 Å². The average molecular weight is 306 g/mol. The summed E-state index contributed by atoms with van der Waals surface area (Å²) < 4.78 is 5.31. The number of para-hydroxylation sites is 2. The summed E-state index contributed by atoms with van der Waals surface area (Å²) in [7, 11) is 1.57. The molecule has 6 nitrogen and oxygen atoms in total. The Labute approximate surface area is 130 Å². The third kappa shape index (κ3) is 3.39. The molecule has 0 bridgehead atoms. The lowest BCUT2D eigenvalue weighted by Crippen LogP contribution is -2.44. The van der Waals surface area contributed by atoms with E-state index in [0.29, 0.717) is 25.3 Å². The molecule has 1 aliphatic heterocycles. The summed E-state index contributed by atoms with van der Waals surface area (Å²) in [5.74, 6) is -0.312. The molecular formula is C16H22N2O4. The van der Waals surface area contributed by atoms with E-state index in [9.17, 15) is 9.59 Å². The predicted octanol–water partition coefficient (Wildman–Crippen LogP) is 1.60. The van der Waals surface area contributed by atoms with Crippen molar-refractivity contribution >= 4 is 17.6 Å². The topological polar surface area (TPSA) is 70.1 Å². The number of anilines is 1. The van der Waals surface area contributed by atoms with Gasteiger partial charge in [-0.05, 0) is 31.5 Å². The van der Waals surface area contributed by atoms with Crippen LogP contribution in [-0.4, -0.2) is 54.7 Å². The number of carboxylic acids is 1. The third-order valence-electron chi connectivity index (χ3n) is 3.84. The molecule has 1 fully saturated rings. The molecule has 1 atom stereocenters. The van der Waals surface area contributed by atoms with Crippen molar-refractivity contribution in [3.05, 3.63) is 24.3 Å². The lowest BCUT2D eigenvalue weighted by molar-refractivity contribution is -0.139. The molecule has 1 unspecified atom stereocenters. The molecule has 0 saturated carbocycles. The van der Waals surface area contributed by atoms with Gasteiger partial charge in [0.1, 0.15) is 5.75 Å². The fourth-order valence-electron chi connectivity index (χ4n) is 2.90. The fourth-order valence-corrected chi connectivity index (χ4v) is 2.90. The van der Waals surface area contributed by atoms with Crippen molar-refractivity contribution in [2.24, 2.45) is 0 Å². The van der Waals surface area contributed by atoms with Gasteiger partial charge < -0.3 is 14.7 Å². The van der Waals surface area contributed by atoms with Crippen LogP contribution in [-0.2, 0) is 9.59 Å². The highest BCUT2D eigenvalue weighted by Crippen LogP contribution is 2.32. The smallest absolute Gasteiger partial charge is 0.317 e. The molecule has 1 heterocycles. The lowest BCUT2D eigenvalue weighted by atomic mass is 10.2. The minimum atomic E-state index is -0.906. The molecule has 1 saturated heterocycles. The summed E-state index contributed by atoms with van der Waals surface area (Å²) in [6, 6.07) is 7.01. The molecule has 0 radical (unpaired) electrons. The molecule has 120 valence electrons. The second kappa shape index (κ2) is 7.26. The van der Waals surface area contributed by atoms with Crippen LogP contribution in [0.1, 0.15) is 19.8 Å². The zero-order valence-corrected chi connectivity index (χ0v) is 13.0. The van der Waals surface area contributed by atoms with E-state index in [1.807, 2.05) is 31.2 Å². The molecule has 1 aromatic carbocycles. The van der Waals surface area contributed by atoms with E-state index in [1.165, 1.54) is 0 Å². The van der Waals surface area contributed by atoms with Crippen LogP contribution in [0.2, 0.25) is 0 Å². The Morgan fingerprint density at radius 3 is 2.82 bits per heavy atom. The Hall–Kier alpha value is -2.08. The number of carbonyl (C=O) groups excluding carboxylic acids is 1. The van der Waals surface area contributed by atoms with Crippen molar-refractivity contribution in [2.75, 3.05) is 31.6 Å². The second-order valence-corrected chi connectivity index (χ2v) is 5.33. The first-order valence-corrected chi connectivity index (χ1v) is 7.48. The first kappa shape index (κ1) is 16.3. The summed E-state index contributed by atoms with van der Waals surface area (Å²) in [6.07, 6.45) is 1.44. The van der Waals surface area contributed by atoms with Crippen molar-refractivity contribution < 1.29 is 19.4 Å². The van der Waals surface area contributed by atoms with Crippen LogP contribution < -0.4 is 9.64 Å². The highest BCUT2D eigenvalue weighted by atomic mass is 16.5. The molecule has 1 aromatic rings. The first-order valence-electron chi connectivity index (χ1n) is 7.48. The molecule has 0 spiro atoms. The summed E-state index contributed by atoms with van der Waals surface area (Å²) >= 11 is 0. The molecule has 1 amide bonds. The van der Waals surface area contributed by atoms with E-state index in [0.717, 1.165) is 12.1 Å². The molecule has 1 aliphatic rings. The number of methoxy groups -OCH3 is 1. The SMILES string of the molecule is CCCN(CC(=O)O)C1CCN(c2ccccc2OC)C1=O. The number of nitrogens with zero attached hydrogens (tertiary/aromatic N) is 2. The number of carboxylic acid groups (broad SMARTS) is 1. The Kier molecular flexibility index (Phi) is 5.38. The fraction of sp³-hybridized carbons (Fsp3) is 0.500. The maximum Gasteiger partial charge on any atom is 0.317 e. The first-order chi connectivity index (χ1) is 10.6. The predicted molar refractivity (Wildman–Crippen MR) is 83.3 cm³/mol. The largest absolute Gasteiger partial charge is 0.495 e. The van der Waals surface area contributed by atoms with Crippen LogP contribution in [0.25, 0.3) is 0 Å². The normalized spacial score (nSPS) is 18.0. The summed E-state index contributed by atoms with van der Waals surface area (Å²) in [5.41, 5.74) is 0.740. The van der Waals surface area contributed by atoms with Crippen LogP contribution in [0.15, 0.2) is 24.3 Å². The molecule has 6 heteroatoms. The van der Waals surface area contributed by atoms with E-state index in [1.54, 1.807) is 16.9 Å². The average Bonchev–Trinajstić information content (AvgIpc) is 2.88. The highest BCUT2D eigenvalue weighted by Gasteiger charge is 2.37. The second-order valence-electron chi connectivity index (χ2n) is 5.33. The van der Waals surface area contributed by atoms with Gasteiger partial charge in [0.25, 0.3) is 0 Å². The number of carbonyl (C=O) groups is 2. The number of rotatable bonds is 7. The minimum Gasteiger partial charge on any atom is -0.495 e. The molecule has 1 N–H and O–H groups in total. The Morgan fingerprint density at radius 1 is 1.45 bits per heavy atom. The molecule has 0 aromatic heterocycles. The van der Waals surface area contributed by atoms with Gasteiger partial charge in [-0.2, -0.15) is 0 Å². The van der Waals surface area contributed by atoms with Crippen LogP contribution in [0.5, 0.6) is 5.75 Å². The zero-order chi connectivity index (χ0) is 16.1. The Balaban J connectivity index is 2.19. The summed E-state index contributed by atoms with van der Waals surface area (Å²) in [5, 5.41) is 9.04. The van der Waals surface area contributed by atoms with Crippen molar-refractivity contribution in [1.29, 1.82) is 0 Å². The Bertz CT molecular complexity index is 547. The van der Waals surface area contributed by atoms with Gasteiger partial charge >= 0.3 is 5.97 Å². The molecular weight excluding hydrogens is 284 g/mol. The number of ether oxygens (including phenoxy) is 1. The van der Waals surface area contributed by atoms with Gasteiger partial charge in [0, 0.05) is 6.54 Å². The lowest BCUT2D eigenvalue weighted by Gasteiger charge is -2.26. The maximum absolute atomic E-state index is 12.7. The van der Waals surface area contributed by atoms with Gasteiger partial charge in [-0.1, -0.05) is 19.1 Å². The van der Waals surface area contributed by atoms with Gasteiger partial charge in [-0.15, -0.1) is 0 Å². The summed E-state index contributed by atoms with van der Waals surface area (Å²) in [6.45, 7) is 3.04. The number of hydrogen-bond donors (Lipinski definition) is 1. The monoisotopic (exact) mass is 306 g/mol. The highest BCUT2D eigenvalue weighted by molar-refractivity contribution is 6.00. The molecule has 2 rings (SSSR count). The van der Waals surface area contributed by atoms with Crippen LogP contribution in [0.4, 0.5) is 5.69 Å². The summed E-state index contributed by atoms with van der Waals surface area (Å²) in [4.78, 5) is 27.2. The van der Waals surface area contributed by atoms with Crippen molar-refractivity contribution in [3.8, 4) is 5.75 Å². The van der Waals surface area contributed by atoms with Gasteiger partial charge in [-0.25, -0.2) is 0 Å². The van der Waals surface area contributed by atoms with Crippen molar-refractivity contribution in [1.82, 2.24) is 4.90 Å². The Morgan fingerprint density at radius 2 is 2.18 bits per heavy atom. The minimum absolute atomic E-state index is 0.0563. The van der Waals surface area contributed by atoms with Crippen LogP contribution in [0.3, 0.4) is 0 Å². The standard InChI is InChI=1S/C16H22N2O4/c1-3-9-17(11-15(19)20)13-8-10-18(16(13)21)12-6-4-5-7-14(12)22-2/h4-7,13H,3,8-11H2,1-2H3,(H,19,20). The number of hydrogen-bond acceptors (Lipinski definition) is 4. The van der Waals surface area contributed by atoms with E-state index < -0.39 is 5.97 Å². The van der Waals surface area contributed by atoms with E-state index in [-0.39, 0.29) is 18.5 Å². The van der Waals surface area contributed by atoms with E-state index >= 15 is 0 Å². The van der Waals surface area contributed by atoms with Crippen molar-refractivity contribution in [3.63, 3.8) is 0 Å². The van der Waals surface area contributed by atoms with Crippen molar-refractivity contribution in [2.45, 2.75) is 25.8 Å². The van der Waals surface area contributed by atoms with Gasteiger partial charge in [-0.3, -0.25) is 14.5 Å². The number of aliphatic carboxylic acids is 1. The van der Waals surface area contributed by atoms with E-state index in [2.05, 4.69) is 0 Å². The number of amides is 1. The van der Waals surface area contributed by atoms with E-state index in [4.69, 9.17) is 9.84 Å². The maximum atomic E-state index is 12.7. The van der Waals surface area contributed by atoms with Gasteiger partial charge in [0.15, 0.2) is 0 Å². The quantitative estimate of drug-likeness (QED) is 0.828. The van der Waals surface area contributed by atoms with Crippen LogP contribution >= 0.6 is 0 Å². The van der Waals surface area contributed by atoms with Crippen LogP contribution in [0, 0.1) is 0 Å². The molecule has 22 heavy (non-hydrogen) atoms. The molecule has 0 aliphatic carbocycles. The third-order valence-corrected chi connectivity index (χ3v) is 3.84. The zero-order valence-electron chi connectivity index (χ0n) is 13.0. The van der Waals surface area contributed by atoms with Gasteiger partial charge in [0.2, 0.25) is 5.91 Å². The number of benzene rings is 1.